The molecule has 0 radical (unpaired) electrons. The predicted molar refractivity (Wildman–Crippen MR) is 111 cm³/mol. The largest absolute Gasteiger partial charge is 0.289 e. The van der Waals surface area contributed by atoms with Crippen molar-refractivity contribution in [3.8, 4) is 0 Å². The molecule has 2 aromatic carbocycles. The lowest BCUT2D eigenvalue weighted by Crippen LogP contribution is -2.16. The van der Waals surface area contributed by atoms with Gasteiger partial charge in [-0.1, -0.05) is 58.5 Å². The number of ketones is 1. The molecule has 1 nitrogen and oxygen atoms in total. The van der Waals surface area contributed by atoms with Gasteiger partial charge >= 0.3 is 0 Å². The van der Waals surface area contributed by atoms with Gasteiger partial charge in [0.15, 0.2) is 5.78 Å². The van der Waals surface area contributed by atoms with E-state index in [0.717, 1.165) is 22.3 Å². The van der Waals surface area contributed by atoms with Gasteiger partial charge in [-0.25, -0.2) is 0 Å². The van der Waals surface area contributed by atoms with Crippen molar-refractivity contribution in [2.24, 2.45) is 0 Å². The average Bonchev–Trinajstić information content (AvgIpc) is 2.58. The van der Waals surface area contributed by atoms with E-state index in [4.69, 9.17) is 46.4 Å². The SMILES string of the molecule is O=C1/C(=C/c2ccc(Cl)c(Cl)c2)CSC/C1=C/c1ccc(Cl)c(Cl)c1. The quantitative estimate of drug-likeness (QED) is 0.474. The molecule has 0 amide bonds. The zero-order valence-corrected chi connectivity index (χ0v) is 16.7. The molecule has 2 aromatic rings. The van der Waals surface area contributed by atoms with Gasteiger partial charge in [-0.15, -0.1) is 0 Å². The molecule has 0 bridgehead atoms. The number of halogens is 4. The summed E-state index contributed by atoms with van der Waals surface area (Å²) in [4.78, 5) is 12.8. The molecule has 0 atom stereocenters. The van der Waals surface area contributed by atoms with Crippen LogP contribution in [0.1, 0.15) is 11.1 Å². The van der Waals surface area contributed by atoms with Crippen LogP contribution in [0.4, 0.5) is 0 Å². The predicted octanol–water partition coefficient (Wildman–Crippen LogP) is 7.08. The molecule has 1 fully saturated rings. The number of hydrogen-bond donors (Lipinski definition) is 0. The fourth-order valence-electron chi connectivity index (χ4n) is 2.43. The highest BCUT2D eigenvalue weighted by molar-refractivity contribution is 7.99. The number of Topliss-reactive ketones (excluding diaryl/α,β-unsaturated/α-hetero) is 1. The van der Waals surface area contributed by atoms with E-state index in [1.807, 2.05) is 24.3 Å². The van der Waals surface area contributed by atoms with Crippen LogP contribution in [0.25, 0.3) is 12.2 Å². The van der Waals surface area contributed by atoms with Crippen molar-refractivity contribution in [1.29, 1.82) is 0 Å². The number of carbonyl (C=O) groups is 1. The van der Waals surface area contributed by atoms with Crippen LogP contribution in [0.15, 0.2) is 47.5 Å². The summed E-state index contributed by atoms with van der Waals surface area (Å²) in [6.45, 7) is 0. The van der Waals surface area contributed by atoms with Gasteiger partial charge in [-0.3, -0.25) is 4.79 Å². The van der Waals surface area contributed by atoms with Gasteiger partial charge in [-0.2, -0.15) is 11.8 Å². The Morgan fingerprint density at radius 3 is 1.56 bits per heavy atom. The maximum Gasteiger partial charge on any atom is 0.186 e. The molecule has 0 aliphatic carbocycles. The molecule has 0 spiro atoms. The third kappa shape index (κ3) is 4.64. The molecule has 1 aliphatic rings. The van der Waals surface area contributed by atoms with Crippen molar-refractivity contribution in [2.75, 3.05) is 11.5 Å². The minimum Gasteiger partial charge on any atom is -0.289 e. The van der Waals surface area contributed by atoms with Crippen molar-refractivity contribution in [2.45, 2.75) is 0 Å². The average molecular weight is 430 g/mol. The van der Waals surface area contributed by atoms with E-state index >= 15 is 0 Å². The van der Waals surface area contributed by atoms with Crippen molar-refractivity contribution in [3.63, 3.8) is 0 Å². The van der Waals surface area contributed by atoms with E-state index in [2.05, 4.69) is 0 Å². The molecule has 128 valence electrons. The Hall–Kier alpha value is -0.900. The zero-order chi connectivity index (χ0) is 18.0. The van der Waals surface area contributed by atoms with E-state index in [1.54, 1.807) is 36.0 Å². The Labute approximate surface area is 170 Å². The molecule has 0 unspecified atom stereocenters. The fraction of sp³-hybridized carbons (Fsp3) is 0.105. The van der Waals surface area contributed by atoms with Gasteiger partial charge in [0.1, 0.15) is 0 Å². The third-order valence-corrected chi connectivity index (χ3v) is 6.18. The van der Waals surface area contributed by atoms with Gasteiger partial charge < -0.3 is 0 Å². The Morgan fingerprint density at radius 1 is 0.720 bits per heavy atom. The Morgan fingerprint density at radius 2 is 1.16 bits per heavy atom. The zero-order valence-electron chi connectivity index (χ0n) is 12.9. The van der Waals surface area contributed by atoms with Crippen LogP contribution in [0.3, 0.4) is 0 Å². The molecule has 6 heteroatoms. The minimum absolute atomic E-state index is 0.0379. The monoisotopic (exact) mass is 428 g/mol. The first kappa shape index (κ1) is 18.9. The van der Waals surface area contributed by atoms with Crippen LogP contribution in [0.5, 0.6) is 0 Å². The summed E-state index contributed by atoms with van der Waals surface area (Å²) >= 11 is 25.7. The number of carbonyl (C=O) groups excluding carboxylic acids is 1. The van der Waals surface area contributed by atoms with Crippen LogP contribution >= 0.6 is 58.2 Å². The second-order valence-electron chi connectivity index (χ2n) is 5.51. The lowest BCUT2D eigenvalue weighted by molar-refractivity contribution is -0.112. The van der Waals surface area contributed by atoms with Crippen LogP contribution in [0, 0.1) is 0 Å². The van der Waals surface area contributed by atoms with Crippen LogP contribution < -0.4 is 0 Å². The van der Waals surface area contributed by atoms with E-state index in [0.29, 0.717) is 31.6 Å². The van der Waals surface area contributed by atoms with Crippen molar-refractivity contribution in [1.82, 2.24) is 0 Å². The van der Waals surface area contributed by atoms with E-state index < -0.39 is 0 Å². The first-order valence-electron chi connectivity index (χ1n) is 7.38. The number of benzene rings is 2. The van der Waals surface area contributed by atoms with E-state index in [1.165, 1.54) is 0 Å². The number of hydrogen-bond acceptors (Lipinski definition) is 2. The Kier molecular flexibility index (Phi) is 6.19. The molecule has 1 heterocycles. The summed E-state index contributed by atoms with van der Waals surface area (Å²) in [5.74, 6) is 1.37. The summed E-state index contributed by atoms with van der Waals surface area (Å²) in [7, 11) is 0. The second-order valence-corrected chi connectivity index (χ2v) is 8.12. The molecule has 1 saturated heterocycles. The van der Waals surface area contributed by atoms with Crippen molar-refractivity contribution >= 4 is 76.1 Å². The van der Waals surface area contributed by atoms with E-state index in [-0.39, 0.29) is 5.78 Å². The molecular formula is C19H12Cl4OS. The molecule has 0 saturated carbocycles. The topological polar surface area (TPSA) is 17.1 Å². The Bertz CT molecular complexity index is 831. The van der Waals surface area contributed by atoms with Gasteiger partial charge in [0.2, 0.25) is 0 Å². The first-order chi connectivity index (χ1) is 11.9. The highest BCUT2D eigenvalue weighted by Gasteiger charge is 2.21. The van der Waals surface area contributed by atoms with Crippen molar-refractivity contribution < 1.29 is 4.79 Å². The third-order valence-electron chi connectivity index (χ3n) is 3.67. The number of thioether (sulfide) groups is 1. The fourth-order valence-corrected chi connectivity index (χ4v) is 4.01. The molecule has 3 rings (SSSR count). The van der Waals surface area contributed by atoms with Crippen molar-refractivity contribution in [3.05, 3.63) is 78.8 Å². The molecule has 0 N–H and O–H groups in total. The highest BCUT2D eigenvalue weighted by Crippen LogP contribution is 2.30. The molecular weight excluding hydrogens is 418 g/mol. The highest BCUT2D eigenvalue weighted by atomic mass is 35.5. The number of rotatable bonds is 2. The summed E-state index contributed by atoms with van der Waals surface area (Å²) < 4.78 is 0. The van der Waals surface area contributed by atoms with Crippen LogP contribution in [-0.2, 0) is 4.79 Å². The lowest BCUT2D eigenvalue weighted by Gasteiger charge is -2.16. The summed E-state index contributed by atoms with van der Waals surface area (Å²) in [5, 5.41) is 1.93. The first-order valence-corrected chi connectivity index (χ1v) is 10.0. The normalized spacial score (nSPS) is 18.2. The second kappa shape index (κ2) is 8.20. The van der Waals surface area contributed by atoms with Gasteiger partial charge in [0.05, 0.1) is 20.1 Å². The van der Waals surface area contributed by atoms with E-state index in [9.17, 15) is 4.79 Å². The van der Waals surface area contributed by atoms with Crippen LogP contribution in [-0.4, -0.2) is 17.3 Å². The summed E-state index contributed by atoms with van der Waals surface area (Å²) in [6.07, 6.45) is 3.72. The maximum atomic E-state index is 12.8. The summed E-state index contributed by atoms with van der Waals surface area (Å²) in [6, 6.07) is 10.6. The van der Waals surface area contributed by atoms with Gasteiger partial charge in [0, 0.05) is 22.7 Å². The molecule has 25 heavy (non-hydrogen) atoms. The smallest absolute Gasteiger partial charge is 0.186 e. The lowest BCUT2D eigenvalue weighted by atomic mass is 10.0. The van der Waals surface area contributed by atoms with Crippen LogP contribution in [0.2, 0.25) is 20.1 Å². The van der Waals surface area contributed by atoms with Gasteiger partial charge in [-0.05, 0) is 47.5 Å². The minimum atomic E-state index is 0.0379. The standard InChI is InChI=1S/C19H12Cl4OS/c20-15-3-1-11(7-17(15)22)5-13-9-25-10-14(19(13)24)6-12-2-4-16(21)18(23)8-12/h1-8H,9-10H2/b13-5-,14-6+. The maximum absolute atomic E-state index is 12.8. The molecule has 1 aliphatic heterocycles. The van der Waals surface area contributed by atoms with Gasteiger partial charge in [0.25, 0.3) is 0 Å². The Balaban J connectivity index is 1.89. The summed E-state index contributed by atoms with van der Waals surface area (Å²) in [5.41, 5.74) is 3.19. The molecule has 0 aromatic heterocycles.